The van der Waals surface area contributed by atoms with Gasteiger partial charge in [-0.3, -0.25) is 0 Å². The van der Waals surface area contributed by atoms with Crippen molar-refractivity contribution < 1.29 is 0 Å². The van der Waals surface area contributed by atoms with Gasteiger partial charge in [-0.1, -0.05) is 43.1 Å². The van der Waals surface area contributed by atoms with E-state index in [-0.39, 0.29) is 0 Å². The van der Waals surface area contributed by atoms with Gasteiger partial charge in [0.15, 0.2) is 0 Å². The summed E-state index contributed by atoms with van der Waals surface area (Å²) in [5.41, 5.74) is 3.73. The van der Waals surface area contributed by atoms with Gasteiger partial charge in [-0.05, 0) is 30.9 Å². The van der Waals surface area contributed by atoms with E-state index >= 15 is 0 Å². The van der Waals surface area contributed by atoms with Crippen LogP contribution in [-0.4, -0.2) is 0 Å². The molecule has 0 amide bonds. The van der Waals surface area contributed by atoms with E-state index in [1.54, 1.807) is 0 Å². The van der Waals surface area contributed by atoms with Gasteiger partial charge >= 0.3 is 0 Å². The summed E-state index contributed by atoms with van der Waals surface area (Å²) < 4.78 is 0. The van der Waals surface area contributed by atoms with Crippen molar-refractivity contribution in [2.45, 2.75) is 33.6 Å². The molecule has 0 aromatic heterocycles. The van der Waals surface area contributed by atoms with Gasteiger partial charge in [0.2, 0.25) is 0 Å². The van der Waals surface area contributed by atoms with Gasteiger partial charge in [0.05, 0.1) is 0 Å². The van der Waals surface area contributed by atoms with E-state index in [9.17, 15) is 0 Å². The first-order valence-corrected chi connectivity index (χ1v) is 4.67. The smallest absolute Gasteiger partial charge is 0.0469 e. The average molecular weight is 183 g/mol. The van der Waals surface area contributed by atoms with Crippen LogP contribution < -0.4 is 0 Å². The molecule has 0 fully saturated rings. The predicted octanol–water partition coefficient (Wildman–Crippen LogP) is 4.08. The molecule has 0 heterocycles. The second kappa shape index (κ2) is 3.49. The van der Waals surface area contributed by atoms with Crippen molar-refractivity contribution in [2.75, 3.05) is 0 Å². The highest BCUT2D eigenvalue weighted by molar-refractivity contribution is 6.32. The fourth-order valence-electron chi connectivity index (χ4n) is 1.40. The zero-order chi connectivity index (χ0) is 9.30. The summed E-state index contributed by atoms with van der Waals surface area (Å²) >= 11 is 6.16. The van der Waals surface area contributed by atoms with Gasteiger partial charge in [-0.15, -0.1) is 0 Å². The van der Waals surface area contributed by atoms with Crippen molar-refractivity contribution in [2.24, 2.45) is 0 Å². The Morgan fingerprint density at radius 3 is 2.25 bits per heavy atom. The summed E-state index contributed by atoms with van der Waals surface area (Å²) in [6.45, 7) is 8.50. The molecule has 0 bridgehead atoms. The molecular formula is C11H15Cl. The van der Waals surface area contributed by atoms with Crippen molar-refractivity contribution in [1.29, 1.82) is 0 Å². The van der Waals surface area contributed by atoms with E-state index in [0.717, 1.165) is 5.02 Å². The molecule has 1 aromatic rings. The molecule has 1 rings (SSSR count). The van der Waals surface area contributed by atoms with E-state index < -0.39 is 0 Å². The summed E-state index contributed by atoms with van der Waals surface area (Å²) in [6.07, 6.45) is 0. The Kier molecular flexibility index (Phi) is 2.79. The standard InChI is InChI=1S/C11H15Cl/c1-7(2)10-6-8(3)5-9(4)11(10)12/h5-7H,1-4H3. The molecule has 0 spiro atoms. The first-order chi connectivity index (χ1) is 5.52. The molecule has 0 radical (unpaired) electrons. The minimum absolute atomic E-state index is 0.510. The highest BCUT2D eigenvalue weighted by atomic mass is 35.5. The van der Waals surface area contributed by atoms with Crippen LogP contribution in [0.4, 0.5) is 0 Å². The fraction of sp³-hybridized carbons (Fsp3) is 0.455. The number of halogens is 1. The Morgan fingerprint density at radius 2 is 1.75 bits per heavy atom. The Hall–Kier alpha value is -0.490. The van der Waals surface area contributed by atoms with Crippen LogP contribution in [0, 0.1) is 13.8 Å². The van der Waals surface area contributed by atoms with Gasteiger partial charge in [0, 0.05) is 5.02 Å². The first kappa shape index (κ1) is 9.60. The Bertz CT molecular complexity index is 287. The Morgan fingerprint density at radius 1 is 1.17 bits per heavy atom. The molecular weight excluding hydrogens is 168 g/mol. The van der Waals surface area contributed by atoms with Crippen molar-refractivity contribution in [3.63, 3.8) is 0 Å². The molecule has 12 heavy (non-hydrogen) atoms. The maximum atomic E-state index is 6.16. The van der Waals surface area contributed by atoms with Crippen molar-refractivity contribution in [3.8, 4) is 0 Å². The van der Waals surface area contributed by atoms with Gasteiger partial charge in [-0.2, -0.15) is 0 Å². The lowest BCUT2D eigenvalue weighted by Crippen LogP contribution is -1.92. The van der Waals surface area contributed by atoms with Gasteiger partial charge in [-0.25, -0.2) is 0 Å². The lowest BCUT2D eigenvalue weighted by Gasteiger charge is -2.11. The highest BCUT2D eigenvalue weighted by Crippen LogP contribution is 2.28. The normalized spacial score (nSPS) is 10.8. The van der Waals surface area contributed by atoms with Crippen molar-refractivity contribution in [3.05, 3.63) is 33.8 Å². The van der Waals surface area contributed by atoms with Gasteiger partial charge < -0.3 is 0 Å². The quantitative estimate of drug-likeness (QED) is 0.614. The zero-order valence-electron chi connectivity index (χ0n) is 8.11. The summed E-state index contributed by atoms with van der Waals surface area (Å²) in [5, 5.41) is 0.926. The van der Waals surface area contributed by atoms with Gasteiger partial charge in [0.25, 0.3) is 0 Å². The summed E-state index contributed by atoms with van der Waals surface area (Å²) in [7, 11) is 0. The molecule has 0 saturated heterocycles. The van der Waals surface area contributed by atoms with Crippen LogP contribution in [0.5, 0.6) is 0 Å². The molecule has 0 aliphatic carbocycles. The second-order valence-electron chi connectivity index (χ2n) is 3.64. The SMILES string of the molecule is Cc1cc(C)c(Cl)c(C(C)C)c1. The van der Waals surface area contributed by atoms with Crippen LogP contribution in [0.3, 0.4) is 0 Å². The van der Waals surface area contributed by atoms with Crippen LogP contribution in [-0.2, 0) is 0 Å². The zero-order valence-corrected chi connectivity index (χ0v) is 8.87. The first-order valence-electron chi connectivity index (χ1n) is 4.29. The molecule has 0 saturated carbocycles. The number of hydrogen-bond donors (Lipinski definition) is 0. The van der Waals surface area contributed by atoms with E-state index in [4.69, 9.17) is 11.6 Å². The molecule has 0 nitrogen and oxygen atoms in total. The second-order valence-corrected chi connectivity index (χ2v) is 4.02. The lowest BCUT2D eigenvalue weighted by atomic mass is 9.98. The fourth-order valence-corrected chi connectivity index (χ4v) is 1.73. The number of rotatable bonds is 1. The molecule has 0 atom stereocenters. The average Bonchev–Trinajstić information content (AvgIpc) is 1.96. The van der Waals surface area contributed by atoms with Crippen LogP contribution in [0.1, 0.15) is 36.5 Å². The molecule has 0 aliphatic heterocycles. The van der Waals surface area contributed by atoms with E-state index in [1.165, 1.54) is 16.7 Å². The maximum absolute atomic E-state index is 6.16. The van der Waals surface area contributed by atoms with E-state index in [1.807, 2.05) is 0 Å². The summed E-state index contributed by atoms with van der Waals surface area (Å²) in [5.74, 6) is 0.510. The van der Waals surface area contributed by atoms with Crippen LogP contribution in [0.15, 0.2) is 12.1 Å². The van der Waals surface area contributed by atoms with Crippen molar-refractivity contribution >= 4 is 11.6 Å². The van der Waals surface area contributed by atoms with Crippen LogP contribution in [0.25, 0.3) is 0 Å². The third-order valence-corrected chi connectivity index (χ3v) is 2.57. The third kappa shape index (κ3) is 1.81. The molecule has 0 aliphatic rings. The minimum Gasteiger partial charge on any atom is -0.0837 e. The summed E-state index contributed by atoms with van der Waals surface area (Å²) in [6, 6.07) is 4.29. The number of aryl methyl sites for hydroxylation is 2. The van der Waals surface area contributed by atoms with Crippen LogP contribution in [0.2, 0.25) is 5.02 Å². The molecule has 0 unspecified atom stereocenters. The molecule has 0 N–H and O–H groups in total. The largest absolute Gasteiger partial charge is 0.0837 e. The minimum atomic E-state index is 0.510. The molecule has 1 aromatic carbocycles. The van der Waals surface area contributed by atoms with Crippen LogP contribution >= 0.6 is 11.6 Å². The van der Waals surface area contributed by atoms with E-state index in [2.05, 4.69) is 39.8 Å². The number of benzene rings is 1. The monoisotopic (exact) mass is 182 g/mol. The Labute approximate surface area is 79.6 Å². The maximum Gasteiger partial charge on any atom is 0.0469 e. The van der Waals surface area contributed by atoms with Crippen molar-refractivity contribution in [1.82, 2.24) is 0 Å². The summed E-state index contributed by atoms with van der Waals surface area (Å²) in [4.78, 5) is 0. The highest BCUT2D eigenvalue weighted by Gasteiger charge is 2.07. The molecule has 66 valence electrons. The lowest BCUT2D eigenvalue weighted by molar-refractivity contribution is 0.863. The number of hydrogen-bond acceptors (Lipinski definition) is 0. The Balaban J connectivity index is 3.28. The topological polar surface area (TPSA) is 0 Å². The van der Waals surface area contributed by atoms with E-state index in [0.29, 0.717) is 5.92 Å². The van der Waals surface area contributed by atoms with Gasteiger partial charge in [0.1, 0.15) is 0 Å². The third-order valence-electron chi connectivity index (χ3n) is 2.05. The predicted molar refractivity (Wildman–Crippen MR) is 55.0 cm³/mol. The molecule has 1 heteroatoms.